The molecule has 0 radical (unpaired) electrons. The molecular formula is C26H22N4O5. The van der Waals surface area contributed by atoms with E-state index in [4.69, 9.17) is 4.74 Å². The van der Waals surface area contributed by atoms with Crippen LogP contribution in [0.5, 0.6) is 5.75 Å². The molecule has 0 unspecified atom stereocenters. The van der Waals surface area contributed by atoms with E-state index >= 15 is 0 Å². The highest BCUT2D eigenvalue weighted by molar-refractivity contribution is 6.10. The number of aryl methyl sites for hydroxylation is 1. The average Bonchev–Trinajstić information content (AvgIpc) is 2.84. The Bertz CT molecular complexity index is 1360. The number of amides is 2. The Hall–Kier alpha value is -4.97. The van der Waals surface area contributed by atoms with Gasteiger partial charge in [-0.1, -0.05) is 36.4 Å². The summed E-state index contributed by atoms with van der Waals surface area (Å²) in [4.78, 5) is 35.4. The molecule has 2 N–H and O–H groups in total. The van der Waals surface area contributed by atoms with Gasteiger partial charge in [-0.05, 0) is 49.2 Å². The van der Waals surface area contributed by atoms with Crippen molar-refractivity contribution in [1.29, 1.82) is 5.26 Å². The van der Waals surface area contributed by atoms with Gasteiger partial charge in [0.05, 0.1) is 4.92 Å². The number of non-ortho nitro benzene ring substituents is 1. The zero-order valence-electron chi connectivity index (χ0n) is 19.1. The van der Waals surface area contributed by atoms with Crippen molar-refractivity contribution in [2.24, 2.45) is 0 Å². The van der Waals surface area contributed by atoms with Crippen molar-refractivity contribution in [1.82, 2.24) is 0 Å². The highest BCUT2D eigenvalue weighted by atomic mass is 16.6. The molecule has 0 spiro atoms. The average molecular weight is 470 g/mol. The largest absolute Gasteiger partial charge is 0.483 e. The first-order chi connectivity index (χ1) is 16.8. The quantitative estimate of drug-likeness (QED) is 0.211. The molecule has 35 heavy (non-hydrogen) atoms. The van der Waals surface area contributed by atoms with E-state index in [1.54, 1.807) is 30.3 Å². The number of nitro groups is 1. The molecule has 9 heteroatoms. The first-order valence-electron chi connectivity index (χ1n) is 10.5. The van der Waals surface area contributed by atoms with E-state index < -0.39 is 10.8 Å². The Kier molecular flexibility index (Phi) is 7.93. The van der Waals surface area contributed by atoms with Crippen LogP contribution < -0.4 is 15.4 Å². The Labute approximate surface area is 201 Å². The number of anilines is 2. The van der Waals surface area contributed by atoms with Gasteiger partial charge in [0.25, 0.3) is 17.5 Å². The van der Waals surface area contributed by atoms with Gasteiger partial charge in [0.15, 0.2) is 6.61 Å². The fraction of sp³-hybridized carbons (Fsp3) is 0.115. The zero-order valence-corrected chi connectivity index (χ0v) is 19.1. The maximum Gasteiger partial charge on any atom is 0.271 e. The predicted octanol–water partition coefficient (Wildman–Crippen LogP) is 4.77. The number of carbonyl (C=O) groups is 2. The van der Waals surface area contributed by atoms with Crippen LogP contribution in [-0.4, -0.2) is 23.3 Å². The summed E-state index contributed by atoms with van der Waals surface area (Å²) in [5, 5.41) is 25.7. The number of para-hydroxylation sites is 1. The number of benzene rings is 3. The lowest BCUT2D eigenvalue weighted by Crippen LogP contribution is -2.21. The van der Waals surface area contributed by atoms with Crippen LogP contribution in [0.2, 0.25) is 0 Å². The highest BCUT2D eigenvalue weighted by Gasteiger charge is 2.14. The number of nitriles is 1. The SMILES string of the molecule is Cc1cccc(NC(=O)COc2ccccc2/C=C(/C#N)C(=O)Nc2cccc([N+](=O)[O-])c2)c1C. The van der Waals surface area contributed by atoms with E-state index in [1.807, 2.05) is 32.0 Å². The van der Waals surface area contributed by atoms with E-state index in [-0.39, 0.29) is 29.5 Å². The Morgan fingerprint density at radius 2 is 1.80 bits per heavy atom. The minimum atomic E-state index is -0.740. The summed E-state index contributed by atoms with van der Waals surface area (Å²) in [5.74, 6) is -0.795. The van der Waals surface area contributed by atoms with E-state index in [9.17, 15) is 25.0 Å². The number of hydrogen-bond acceptors (Lipinski definition) is 6. The lowest BCUT2D eigenvalue weighted by molar-refractivity contribution is -0.384. The maximum absolute atomic E-state index is 12.6. The number of rotatable bonds is 8. The smallest absolute Gasteiger partial charge is 0.271 e. The Balaban J connectivity index is 1.72. The van der Waals surface area contributed by atoms with E-state index in [1.165, 1.54) is 30.3 Å². The molecule has 3 rings (SSSR count). The fourth-order valence-electron chi connectivity index (χ4n) is 3.15. The van der Waals surface area contributed by atoms with E-state index in [0.29, 0.717) is 17.0 Å². The standard InChI is InChI=1S/C26H22N4O5/c1-17-7-5-11-23(18(17)2)29-25(31)16-35-24-12-4-3-8-19(24)13-20(15-27)26(32)28-21-9-6-10-22(14-21)30(33)34/h3-14H,16H2,1-2H3,(H,28,32)(H,29,31)/b20-13-. The van der Waals surface area contributed by atoms with Gasteiger partial charge >= 0.3 is 0 Å². The van der Waals surface area contributed by atoms with Crippen molar-refractivity contribution in [2.75, 3.05) is 17.2 Å². The second kappa shape index (κ2) is 11.2. The summed E-state index contributed by atoms with van der Waals surface area (Å²) in [6.45, 7) is 3.58. The molecule has 0 aliphatic rings. The minimum absolute atomic E-state index is 0.179. The topological polar surface area (TPSA) is 134 Å². The van der Waals surface area contributed by atoms with Crippen molar-refractivity contribution in [3.8, 4) is 11.8 Å². The Morgan fingerprint density at radius 3 is 2.54 bits per heavy atom. The lowest BCUT2D eigenvalue weighted by atomic mass is 10.1. The van der Waals surface area contributed by atoms with Crippen molar-refractivity contribution in [2.45, 2.75) is 13.8 Å². The molecular weight excluding hydrogens is 448 g/mol. The first-order valence-corrected chi connectivity index (χ1v) is 10.5. The molecule has 0 bridgehead atoms. The van der Waals surface area contributed by atoms with Crippen molar-refractivity contribution in [3.63, 3.8) is 0 Å². The predicted molar refractivity (Wildman–Crippen MR) is 132 cm³/mol. The van der Waals surface area contributed by atoms with Crippen LogP contribution in [0.3, 0.4) is 0 Å². The van der Waals surface area contributed by atoms with Gasteiger partial charge in [0, 0.05) is 29.1 Å². The summed E-state index contributed by atoms with van der Waals surface area (Å²) in [5.41, 5.74) is 2.85. The second-order valence-electron chi connectivity index (χ2n) is 7.55. The number of nitro benzene ring substituents is 1. The normalized spacial score (nSPS) is 10.7. The van der Waals surface area contributed by atoms with Gasteiger partial charge in [-0.3, -0.25) is 19.7 Å². The summed E-state index contributed by atoms with van der Waals surface area (Å²) >= 11 is 0. The molecule has 0 aliphatic heterocycles. The van der Waals surface area contributed by atoms with Crippen LogP contribution in [0.1, 0.15) is 16.7 Å². The molecule has 9 nitrogen and oxygen atoms in total. The monoisotopic (exact) mass is 470 g/mol. The molecule has 0 fully saturated rings. The number of nitrogens with one attached hydrogen (secondary N) is 2. The van der Waals surface area contributed by atoms with Gasteiger partial charge < -0.3 is 15.4 Å². The van der Waals surface area contributed by atoms with Crippen molar-refractivity contribution in [3.05, 3.63) is 99.1 Å². The molecule has 3 aromatic rings. The van der Waals surface area contributed by atoms with E-state index in [2.05, 4.69) is 10.6 Å². The summed E-state index contributed by atoms with van der Waals surface area (Å²) < 4.78 is 5.65. The number of carbonyl (C=O) groups excluding carboxylic acids is 2. The molecule has 0 aliphatic carbocycles. The minimum Gasteiger partial charge on any atom is -0.483 e. The summed E-state index contributed by atoms with van der Waals surface area (Å²) in [7, 11) is 0. The van der Waals surface area contributed by atoms with Gasteiger partial charge in [-0.2, -0.15) is 5.26 Å². The summed E-state index contributed by atoms with van der Waals surface area (Å²) in [6, 6.07) is 19.5. The molecule has 2 amide bonds. The van der Waals surface area contributed by atoms with Crippen molar-refractivity contribution >= 4 is 35.0 Å². The van der Waals surface area contributed by atoms with Gasteiger partial charge in [0.1, 0.15) is 17.4 Å². The van der Waals surface area contributed by atoms with Crippen LogP contribution in [0.15, 0.2) is 72.3 Å². The van der Waals surface area contributed by atoms with Gasteiger partial charge in [-0.15, -0.1) is 0 Å². The number of hydrogen-bond donors (Lipinski definition) is 2. The third-order valence-corrected chi connectivity index (χ3v) is 5.14. The molecule has 176 valence electrons. The fourth-order valence-corrected chi connectivity index (χ4v) is 3.15. The third-order valence-electron chi connectivity index (χ3n) is 5.14. The second-order valence-corrected chi connectivity index (χ2v) is 7.55. The van der Waals surface area contributed by atoms with Crippen molar-refractivity contribution < 1.29 is 19.2 Å². The summed E-state index contributed by atoms with van der Waals surface area (Å²) in [6.07, 6.45) is 1.32. The van der Waals surface area contributed by atoms with Crippen LogP contribution >= 0.6 is 0 Å². The van der Waals surface area contributed by atoms with Crippen LogP contribution in [-0.2, 0) is 9.59 Å². The molecule has 0 heterocycles. The molecule has 3 aromatic carbocycles. The van der Waals surface area contributed by atoms with Crippen LogP contribution in [0.4, 0.5) is 17.1 Å². The van der Waals surface area contributed by atoms with Gasteiger partial charge in [-0.25, -0.2) is 0 Å². The third kappa shape index (κ3) is 6.52. The molecule has 0 atom stereocenters. The highest BCUT2D eigenvalue weighted by Crippen LogP contribution is 2.23. The van der Waals surface area contributed by atoms with Crippen LogP contribution in [0, 0.1) is 35.3 Å². The molecule has 0 aromatic heterocycles. The molecule has 0 saturated carbocycles. The first kappa shape index (κ1) is 24.7. The number of ether oxygens (including phenoxy) is 1. The molecule has 0 saturated heterocycles. The van der Waals surface area contributed by atoms with E-state index in [0.717, 1.165) is 11.1 Å². The lowest BCUT2D eigenvalue weighted by Gasteiger charge is -2.12. The number of nitrogens with zero attached hydrogens (tertiary/aromatic N) is 2. The Morgan fingerprint density at radius 1 is 1.06 bits per heavy atom. The van der Waals surface area contributed by atoms with Gasteiger partial charge in [0.2, 0.25) is 0 Å². The van der Waals surface area contributed by atoms with Crippen LogP contribution in [0.25, 0.3) is 6.08 Å². The maximum atomic E-state index is 12.6. The zero-order chi connectivity index (χ0) is 25.4.